The molecule has 1 N–H and O–H groups in total. The first kappa shape index (κ1) is 12.3. The Bertz CT molecular complexity index is 230. The molecular formula is C9H13F3N2O. The summed E-state index contributed by atoms with van der Waals surface area (Å²) in [4.78, 5) is 0. The van der Waals surface area contributed by atoms with Crippen LogP contribution in [-0.4, -0.2) is 32.0 Å². The van der Waals surface area contributed by atoms with Gasteiger partial charge >= 0.3 is 6.18 Å². The lowest BCUT2D eigenvalue weighted by Crippen LogP contribution is -2.42. The second kappa shape index (κ2) is 5.33. The third-order valence-corrected chi connectivity index (χ3v) is 2.32. The average Bonchev–Trinajstić information content (AvgIpc) is 2.18. The first-order valence-electron chi connectivity index (χ1n) is 4.81. The summed E-state index contributed by atoms with van der Waals surface area (Å²) in [7, 11) is 0. The number of nitrogens with zero attached hydrogens (tertiary/aromatic N) is 1. The Kier molecular flexibility index (Phi) is 4.36. The van der Waals surface area contributed by atoms with Crippen LogP contribution in [0.15, 0.2) is 0 Å². The average molecular weight is 222 g/mol. The van der Waals surface area contributed by atoms with Crippen molar-refractivity contribution in [2.75, 3.05) is 19.8 Å². The van der Waals surface area contributed by atoms with Crippen molar-refractivity contribution in [2.45, 2.75) is 25.1 Å². The molecule has 86 valence electrons. The van der Waals surface area contributed by atoms with Gasteiger partial charge in [0.25, 0.3) is 0 Å². The van der Waals surface area contributed by atoms with Crippen LogP contribution in [0.2, 0.25) is 0 Å². The Morgan fingerprint density at radius 2 is 2.27 bits per heavy atom. The summed E-state index contributed by atoms with van der Waals surface area (Å²) < 4.78 is 41.6. The summed E-state index contributed by atoms with van der Waals surface area (Å²) in [5.41, 5.74) is 0. The number of halogens is 3. The molecule has 0 aromatic carbocycles. The van der Waals surface area contributed by atoms with E-state index in [1.54, 1.807) is 0 Å². The Morgan fingerprint density at radius 1 is 1.53 bits per heavy atom. The third-order valence-electron chi connectivity index (χ3n) is 2.32. The minimum Gasteiger partial charge on any atom is -0.380 e. The molecule has 15 heavy (non-hydrogen) atoms. The molecule has 0 amide bonds. The largest absolute Gasteiger partial charge is 0.405 e. The maximum atomic E-state index is 12.2. The van der Waals surface area contributed by atoms with E-state index in [0.717, 1.165) is 12.8 Å². The predicted octanol–water partition coefficient (Wildman–Crippen LogP) is 1.46. The molecule has 0 spiro atoms. The lowest BCUT2D eigenvalue weighted by atomic mass is 10.1. The van der Waals surface area contributed by atoms with Crippen LogP contribution in [0.1, 0.15) is 12.8 Å². The normalized spacial score (nSPS) is 24.5. The van der Waals surface area contributed by atoms with Crippen molar-refractivity contribution in [3.8, 4) is 6.07 Å². The fourth-order valence-electron chi connectivity index (χ4n) is 1.42. The lowest BCUT2D eigenvalue weighted by molar-refractivity contribution is -0.158. The van der Waals surface area contributed by atoms with Crippen molar-refractivity contribution in [1.82, 2.24) is 5.32 Å². The SMILES string of the molecule is N#CC(CNC1CCCOC1)C(F)(F)F. The first-order chi connectivity index (χ1) is 7.04. The third kappa shape index (κ3) is 4.06. The molecule has 0 bridgehead atoms. The molecule has 0 saturated carbocycles. The summed E-state index contributed by atoms with van der Waals surface area (Å²) in [5, 5.41) is 11.1. The van der Waals surface area contributed by atoms with Crippen molar-refractivity contribution in [3.63, 3.8) is 0 Å². The van der Waals surface area contributed by atoms with Gasteiger partial charge in [-0.1, -0.05) is 0 Å². The van der Waals surface area contributed by atoms with Gasteiger partial charge in [0.05, 0.1) is 12.7 Å². The van der Waals surface area contributed by atoms with Crippen molar-refractivity contribution in [3.05, 3.63) is 0 Å². The molecule has 2 unspecified atom stereocenters. The van der Waals surface area contributed by atoms with Crippen molar-refractivity contribution >= 4 is 0 Å². The maximum absolute atomic E-state index is 12.2. The van der Waals surface area contributed by atoms with Crippen molar-refractivity contribution in [2.24, 2.45) is 5.92 Å². The van der Waals surface area contributed by atoms with Gasteiger partial charge in [0.15, 0.2) is 5.92 Å². The number of nitrogens with one attached hydrogen (secondary N) is 1. The van der Waals surface area contributed by atoms with Gasteiger partial charge < -0.3 is 10.1 Å². The van der Waals surface area contributed by atoms with Crippen LogP contribution in [0, 0.1) is 17.2 Å². The Balaban J connectivity index is 2.31. The second-order valence-corrected chi connectivity index (χ2v) is 3.55. The molecular weight excluding hydrogens is 209 g/mol. The van der Waals surface area contributed by atoms with E-state index in [0.29, 0.717) is 13.2 Å². The van der Waals surface area contributed by atoms with E-state index < -0.39 is 12.1 Å². The van der Waals surface area contributed by atoms with E-state index >= 15 is 0 Å². The topological polar surface area (TPSA) is 45.0 Å². The van der Waals surface area contributed by atoms with E-state index in [1.807, 2.05) is 0 Å². The predicted molar refractivity (Wildman–Crippen MR) is 47.0 cm³/mol. The molecule has 6 heteroatoms. The minimum absolute atomic E-state index is 0.0584. The lowest BCUT2D eigenvalue weighted by Gasteiger charge is -2.24. The van der Waals surface area contributed by atoms with Gasteiger partial charge in [0, 0.05) is 19.2 Å². The molecule has 1 fully saturated rings. The standard InChI is InChI=1S/C9H13F3N2O/c10-9(11,12)7(4-13)5-14-8-2-1-3-15-6-8/h7-8,14H,1-3,5-6H2. The van der Waals surface area contributed by atoms with Crippen molar-refractivity contribution in [1.29, 1.82) is 5.26 Å². The molecule has 0 aromatic heterocycles. The van der Waals surface area contributed by atoms with Crippen LogP contribution in [0.4, 0.5) is 13.2 Å². The number of nitriles is 1. The molecule has 1 rings (SSSR count). The highest BCUT2D eigenvalue weighted by Crippen LogP contribution is 2.25. The summed E-state index contributed by atoms with van der Waals surface area (Å²) in [6.07, 6.45) is -2.80. The minimum atomic E-state index is -4.45. The number of rotatable bonds is 3. The van der Waals surface area contributed by atoms with Gasteiger partial charge in [0.1, 0.15) is 0 Å². The highest BCUT2D eigenvalue weighted by atomic mass is 19.4. The molecule has 1 aliphatic heterocycles. The monoisotopic (exact) mass is 222 g/mol. The Morgan fingerprint density at radius 3 is 2.73 bits per heavy atom. The van der Waals surface area contributed by atoms with Crippen LogP contribution in [0.3, 0.4) is 0 Å². The number of alkyl halides is 3. The molecule has 1 heterocycles. The molecule has 2 atom stereocenters. The van der Waals surface area contributed by atoms with Gasteiger partial charge in [-0.15, -0.1) is 0 Å². The fraction of sp³-hybridized carbons (Fsp3) is 0.889. The quantitative estimate of drug-likeness (QED) is 0.786. The molecule has 0 aromatic rings. The Hall–Kier alpha value is -0.800. The number of hydrogen-bond donors (Lipinski definition) is 1. The zero-order valence-corrected chi connectivity index (χ0v) is 8.18. The number of hydrogen-bond acceptors (Lipinski definition) is 3. The van der Waals surface area contributed by atoms with Gasteiger partial charge in [0.2, 0.25) is 0 Å². The van der Waals surface area contributed by atoms with Crippen LogP contribution >= 0.6 is 0 Å². The van der Waals surface area contributed by atoms with Crippen LogP contribution in [-0.2, 0) is 4.74 Å². The van der Waals surface area contributed by atoms with E-state index in [1.165, 1.54) is 6.07 Å². The van der Waals surface area contributed by atoms with E-state index in [-0.39, 0.29) is 12.6 Å². The van der Waals surface area contributed by atoms with Crippen LogP contribution in [0.5, 0.6) is 0 Å². The fourth-order valence-corrected chi connectivity index (χ4v) is 1.42. The van der Waals surface area contributed by atoms with Crippen LogP contribution in [0.25, 0.3) is 0 Å². The molecule has 0 aliphatic carbocycles. The first-order valence-corrected chi connectivity index (χ1v) is 4.81. The van der Waals surface area contributed by atoms with E-state index in [2.05, 4.69) is 5.32 Å². The van der Waals surface area contributed by atoms with Gasteiger partial charge in [-0.05, 0) is 12.8 Å². The Labute approximate surface area is 86.2 Å². The summed E-state index contributed by atoms with van der Waals surface area (Å²) in [5.74, 6) is -1.93. The van der Waals surface area contributed by atoms with Gasteiger partial charge in [-0.2, -0.15) is 18.4 Å². The second-order valence-electron chi connectivity index (χ2n) is 3.55. The highest BCUT2D eigenvalue weighted by molar-refractivity contribution is 4.90. The summed E-state index contributed by atoms with van der Waals surface area (Å²) in [6.45, 7) is 0.739. The van der Waals surface area contributed by atoms with Crippen LogP contribution < -0.4 is 5.32 Å². The number of ether oxygens (including phenoxy) is 1. The zero-order chi connectivity index (χ0) is 11.3. The van der Waals surface area contributed by atoms with Gasteiger partial charge in [-0.3, -0.25) is 0 Å². The van der Waals surface area contributed by atoms with E-state index in [4.69, 9.17) is 10.00 Å². The summed E-state index contributed by atoms with van der Waals surface area (Å²) >= 11 is 0. The maximum Gasteiger partial charge on any atom is 0.405 e. The van der Waals surface area contributed by atoms with Gasteiger partial charge in [-0.25, -0.2) is 0 Å². The smallest absolute Gasteiger partial charge is 0.380 e. The highest BCUT2D eigenvalue weighted by Gasteiger charge is 2.39. The molecule has 1 aliphatic rings. The summed E-state index contributed by atoms with van der Waals surface area (Å²) in [6, 6.07) is 1.19. The molecule has 3 nitrogen and oxygen atoms in total. The zero-order valence-electron chi connectivity index (χ0n) is 8.18. The van der Waals surface area contributed by atoms with Crippen molar-refractivity contribution < 1.29 is 17.9 Å². The molecule has 1 saturated heterocycles. The van der Waals surface area contributed by atoms with E-state index in [9.17, 15) is 13.2 Å². The molecule has 0 radical (unpaired) electrons.